The molecule has 19 heavy (non-hydrogen) atoms. The molecule has 1 rings (SSSR count). The molecule has 106 valence electrons. The maximum absolute atomic E-state index is 12.3. The highest BCUT2D eigenvalue weighted by atomic mass is 79.9. The molecule has 1 atom stereocenters. The van der Waals surface area contributed by atoms with Gasteiger partial charge in [-0.1, -0.05) is 59.9 Å². The lowest BCUT2D eigenvalue weighted by Gasteiger charge is -2.31. The van der Waals surface area contributed by atoms with Gasteiger partial charge in [-0.25, -0.2) is 0 Å². The lowest BCUT2D eigenvalue weighted by atomic mass is 9.85. The molecular formula is C14H18BrCl2NO. The summed E-state index contributed by atoms with van der Waals surface area (Å²) in [7, 11) is 0. The Kier molecular flexibility index (Phi) is 6.15. The van der Waals surface area contributed by atoms with Crippen LogP contribution in [0.25, 0.3) is 0 Å². The molecule has 0 radical (unpaired) electrons. The predicted molar refractivity (Wildman–Crippen MR) is 85.6 cm³/mol. The maximum Gasteiger partial charge on any atom is 0.253 e. The number of hydrogen-bond acceptors (Lipinski definition) is 1. The molecule has 1 N–H and O–H groups in total. The van der Waals surface area contributed by atoms with Gasteiger partial charge in [-0.05, 0) is 30.0 Å². The summed E-state index contributed by atoms with van der Waals surface area (Å²) in [6.45, 7) is 6.29. The van der Waals surface area contributed by atoms with Gasteiger partial charge in [0.05, 0.1) is 10.6 Å². The first-order valence-corrected chi connectivity index (χ1v) is 7.95. The molecule has 0 saturated heterocycles. The fourth-order valence-corrected chi connectivity index (χ4v) is 2.57. The molecule has 0 aliphatic heterocycles. The number of hydrogen-bond donors (Lipinski definition) is 1. The largest absolute Gasteiger partial charge is 0.349 e. The van der Waals surface area contributed by atoms with Crippen molar-refractivity contribution in [1.29, 1.82) is 0 Å². The Balaban J connectivity index is 2.91. The Labute approximate surface area is 133 Å². The Morgan fingerprint density at radius 1 is 1.37 bits per heavy atom. The van der Waals surface area contributed by atoms with Gasteiger partial charge < -0.3 is 5.32 Å². The fourth-order valence-electron chi connectivity index (χ4n) is 1.74. The summed E-state index contributed by atoms with van der Waals surface area (Å²) in [5.41, 5.74) is 0.395. The van der Waals surface area contributed by atoms with Gasteiger partial charge in [0.15, 0.2) is 0 Å². The summed E-state index contributed by atoms with van der Waals surface area (Å²) < 4.78 is 0. The molecule has 0 aromatic heterocycles. The molecule has 5 heteroatoms. The van der Waals surface area contributed by atoms with Gasteiger partial charge in [-0.2, -0.15) is 0 Å². The monoisotopic (exact) mass is 365 g/mol. The van der Waals surface area contributed by atoms with Crippen molar-refractivity contribution in [2.24, 2.45) is 5.41 Å². The Hall–Kier alpha value is -0.250. The average Bonchev–Trinajstić information content (AvgIpc) is 2.30. The van der Waals surface area contributed by atoms with Crippen molar-refractivity contribution in [3.8, 4) is 0 Å². The van der Waals surface area contributed by atoms with Crippen LogP contribution in [0.15, 0.2) is 18.2 Å². The molecule has 2 nitrogen and oxygen atoms in total. The van der Waals surface area contributed by atoms with Crippen LogP contribution in [0, 0.1) is 5.41 Å². The Morgan fingerprint density at radius 2 is 2.00 bits per heavy atom. The zero-order valence-corrected chi connectivity index (χ0v) is 14.4. The van der Waals surface area contributed by atoms with E-state index in [0.717, 1.165) is 11.8 Å². The van der Waals surface area contributed by atoms with Crippen LogP contribution in [0.4, 0.5) is 0 Å². The first-order valence-electron chi connectivity index (χ1n) is 6.07. The van der Waals surface area contributed by atoms with Gasteiger partial charge in [-0.15, -0.1) is 0 Å². The van der Waals surface area contributed by atoms with Gasteiger partial charge in [0.2, 0.25) is 0 Å². The van der Waals surface area contributed by atoms with E-state index in [1.165, 1.54) is 0 Å². The lowest BCUT2D eigenvalue weighted by Crippen LogP contribution is -2.44. The zero-order chi connectivity index (χ0) is 14.6. The molecule has 0 bridgehead atoms. The molecule has 1 aromatic rings. The molecule has 1 aromatic carbocycles. The standard InChI is InChI=1S/C14H18BrCl2NO/c1-14(2,3)12(6-7-15)18-13(19)10-8-9(16)4-5-11(10)17/h4-5,8,12H,6-7H2,1-3H3,(H,18,19). The van der Waals surface area contributed by atoms with E-state index in [9.17, 15) is 4.79 Å². The van der Waals surface area contributed by atoms with Crippen molar-refractivity contribution in [2.45, 2.75) is 33.2 Å². The Bertz CT molecular complexity index is 457. The van der Waals surface area contributed by atoms with Crippen LogP contribution in [-0.4, -0.2) is 17.3 Å². The second-order valence-electron chi connectivity index (χ2n) is 5.49. The van der Waals surface area contributed by atoms with Crippen molar-refractivity contribution in [2.75, 3.05) is 5.33 Å². The van der Waals surface area contributed by atoms with Crippen LogP contribution in [-0.2, 0) is 0 Å². The highest BCUT2D eigenvalue weighted by molar-refractivity contribution is 9.09. The summed E-state index contributed by atoms with van der Waals surface area (Å²) in [5, 5.41) is 4.77. The van der Waals surface area contributed by atoms with Crippen LogP contribution in [0.2, 0.25) is 10.0 Å². The van der Waals surface area contributed by atoms with E-state index in [1.807, 2.05) is 0 Å². The van der Waals surface area contributed by atoms with Gasteiger partial charge in [-0.3, -0.25) is 4.79 Å². The van der Waals surface area contributed by atoms with Gasteiger partial charge in [0.1, 0.15) is 0 Å². The molecule has 0 heterocycles. The van der Waals surface area contributed by atoms with Crippen LogP contribution in [0.3, 0.4) is 0 Å². The summed E-state index contributed by atoms with van der Waals surface area (Å²) in [6.07, 6.45) is 0.855. The second kappa shape index (κ2) is 6.96. The number of amides is 1. The first kappa shape index (κ1) is 16.8. The number of benzene rings is 1. The summed E-state index contributed by atoms with van der Waals surface area (Å²) in [4.78, 5) is 12.3. The van der Waals surface area contributed by atoms with Gasteiger partial charge in [0.25, 0.3) is 5.91 Å². The summed E-state index contributed by atoms with van der Waals surface area (Å²) >= 11 is 15.4. The van der Waals surface area contributed by atoms with Crippen molar-refractivity contribution in [3.63, 3.8) is 0 Å². The number of halogens is 3. The maximum atomic E-state index is 12.3. The SMILES string of the molecule is CC(C)(C)C(CCBr)NC(=O)c1cc(Cl)ccc1Cl. The number of carbonyl (C=O) groups is 1. The van der Waals surface area contributed by atoms with Crippen LogP contribution in [0.5, 0.6) is 0 Å². The van der Waals surface area contributed by atoms with Gasteiger partial charge >= 0.3 is 0 Å². The third kappa shape index (κ3) is 4.97. The summed E-state index contributed by atoms with van der Waals surface area (Å²) in [6, 6.07) is 4.96. The molecular weight excluding hydrogens is 349 g/mol. The van der Waals surface area contributed by atoms with E-state index in [1.54, 1.807) is 18.2 Å². The second-order valence-corrected chi connectivity index (χ2v) is 7.13. The zero-order valence-electron chi connectivity index (χ0n) is 11.3. The number of rotatable bonds is 4. The van der Waals surface area contributed by atoms with Crippen molar-refractivity contribution in [3.05, 3.63) is 33.8 Å². The number of alkyl halides is 1. The third-order valence-electron chi connectivity index (χ3n) is 2.92. The third-order valence-corrected chi connectivity index (χ3v) is 3.94. The molecule has 0 saturated carbocycles. The number of carbonyl (C=O) groups excluding carboxylic acids is 1. The van der Waals surface area contributed by atoms with E-state index in [-0.39, 0.29) is 17.4 Å². The molecule has 0 aliphatic carbocycles. The van der Waals surface area contributed by atoms with E-state index in [2.05, 4.69) is 42.0 Å². The van der Waals surface area contributed by atoms with E-state index < -0.39 is 0 Å². The van der Waals surface area contributed by atoms with Crippen LogP contribution >= 0.6 is 39.1 Å². The quantitative estimate of drug-likeness (QED) is 0.752. The van der Waals surface area contributed by atoms with E-state index in [4.69, 9.17) is 23.2 Å². The summed E-state index contributed by atoms with van der Waals surface area (Å²) in [5.74, 6) is -0.187. The van der Waals surface area contributed by atoms with E-state index >= 15 is 0 Å². The first-order chi connectivity index (χ1) is 8.75. The Morgan fingerprint density at radius 3 is 2.53 bits per heavy atom. The van der Waals surface area contributed by atoms with Crippen LogP contribution in [0.1, 0.15) is 37.6 Å². The van der Waals surface area contributed by atoms with Crippen molar-refractivity contribution < 1.29 is 4.79 Å². The minimum absolute atomic E-state index is 0.0194. The molecule has 0 spiro atoms. The minimum atomic E-state index is -0.187. The van der Waals surface area contributed by atoms with E-state index in [0.29, 0.717) is 15.6 Å². The molecule has 0 aliphatic rings. The van der Waals surface area contributed by atoms with Crippen molar-refractivity contribution in [1.82, 2.24) is 5.32 Å². The highest BCUT2D eigenvalue weighted by Gasteiger charge is 2.26. The molecule has 0 fully saturated rings. The highest BCUT2D eigenvalue weighted by Crippen LogP contribution is 2.25. The van der Waals surface area contributed by atoms with Crippen LogP contribution < -0.4 is 5.32 Å². The molecule has 1 amide bonds. The smallest absolute Gasteiger partial charge is 0.253 e. The lowest BCUT2D eigenvalue weighted by molar-refractivity contribution is 0.0901. The molecule has 1 unspecified atom stereocenters. The average molecular weight is 367 g/mol. The van der Waals surface area contributed by atoms with Gasteiger partial charge in [0, 0.05) is 16.4 Å². The topological polar surface area (TPSA) is 29.1 Å². The van der Waals surface area contributed by atoms with Crippen molar-refractivity contribution >= 4 is 45.0 Å². The predicted octanol–water partition coefficient (Wildman–Crippen LogP) is 4.92. The normalized spacial score (nSPS) is 13.2. The minimum Gasteiger partial charge on any atom is -0.349 e. The number of nitrogens with one attached hydrogen (secondary N) is 1. The fraction of sp³-hybridized carbons (Fsp3) is 0.500.